The van der Waals surface area contributed by atoms with Crippen LogP contribution in [0.25, 0.3) is 0 Å². The summed E-state index contributed by atoms with van der Waals surface area (Å²) in [6.07, 6.45) is 2.89. The monoisotopic (exact) mass is 514 g/mol. The number of carbonyl (C=O) groups excluding carboxylic acids is 1. The van der Waals surface area contributed by atoms with E-state index in [0.29, 0.717) is 31.9 Å². The molecule has 0 spiro atoms. The van der Waals surface area contributed by atoms with Gasteiger partial charge < -0.3 is 24.7 Å². The second kappa shape index (κ2) is 13.1. The minimum absolute atomic E-state index is 0. The van der Waals surface area contributed by atoms with Crippen LogP contribution in [0, 0.1) is 0 Å². The highest BCUT2D eigenvalue weighted by molar-refractivity contribution is 14.0. The van der Waals surface area contributed by atoms with Gasteiger partial charge in [0, 0.05) is 45.7 Å². The average Bonchev–Trinajstić information content (AvgIpc) is 3.16. The van der Waals surface area contributed by atoms with Crippen molar-refractivity contribution in [2.24, 2.45) is 4.99 Å². The first kappa shape index (κ1) is 24.8. The molecule has 1 heterocycles. The first-order chi connectivity index (χ1) is 13.4. The van der Waals surface area contributed by atoms with Gasteiger partial charge in [0.25, 0.3) is 0 Å². The number of carbonyl (C=O) groups is 1. The van der Waals surface area contributed by atoms with E-state index in [1.54, 1.807) is 25.3 Å². The van der Waals surface area contributed by atoms with Crippen LogP contribution in [0.4, 0.5) is 5.69 Å². The molecule has 8 heteroatoms. The van der Waals surface area contributed by atoms with Crippen LogP contribution in [-0.2, 0) is 11.2 Å². The number of halogens is 1. The summed E-state index contributed by atoms with van der Waals surface area (Å²) in [7, 11) is 3.50. The molecule has 0 saturated heterocycles. The van der Waals surface area contributed by atoms with E-state index in [1.165, 1.54) is 0 Å². The van der Waals surface area contributed by atoms with Crippen molar-refractivity contribution in [1.29, 1.82) is 0 Å². The van der Waals surface area contributed by atoms with Gasteiger partial charge in [-0.1, -0.05) is 0 Å². The van der Waals surface area contributed by atoms with E-state index in [0.717, 1.165) is 17.2 Å². The van der Waals surface area contributed by atoms with Gasteiger partial charge in [-0.3, -0.25) is 9.79 Å². The Bertz CT molecular complexity index is 744. The number of aliphatic imine (C=N–C) groups is 1. The lowest BCUT2D eigenvalue weighted by Gasteiger charge is -2.15. The van der Waals surface area contributed by atoms with Crippen molar-refractivity contribution in [1.82, 2.24) is 10.2 Å². The topological polar surface area (TPSA) is 79.1 Å². The molecule has 2 rings (SSSR count). The van der Waals surface area contributed by atoms with Crippen LogP contribution in [0.3, 0.4) is 0 Å². The fourth-order valence-corrected chi connectivity index (χ4v) is 2.41. The molecule has 0 aliphatic rings. The summed E-state index contributed by atoms with van der Waals surface area (Å²) in [5.41, 5.74) is 0.888. The maximum Gasteiger partial charge on any atom is 0.223 e. The number of rotatable bonds is 9. The SMILES string of the molecule is CC(C)Oc1ccc(NC(=NCCc2ccco2)NCCC(=O)N(C)C)cc1.I. The highest BCUT2D eigenvalue weighted by atomic mass is 127. The molecular weight excluding hydrogens is 483 g/mol. The number of amides is 1. The van der Waals surface area contributed by atoms with E-state index < -0.39 is 0 Å². The minimum Gasteiger partial charge on any atom is -0.491 e. The molecule has 29 heavy (non-hydrogen) atoms. The van der Waals surface area contributed by atoms with Crippen molar-refractivity contribution in [3.05, 3.63) is 48.4 Å². The van der Waals surface area contributed by atoms with E-state index in [2.05, 4.69) is 15.6 Å². The summed E-state index contributed by atoms with van der Waals surface area (Å²) in [4.78, 5) is 17.9. The van der Waals surface area contributed by atoms with Crippen molar-refractivity contribution >= 4 is 41.5 Å². The van der Waals surface area contributed by atoms with E-state index >= 15 is 0 Å². The number of nitrogens with zero attached hydrogens (tertiary/aromatic N) is 2. The highest BCUT2D eigenvalue weighted by Crippen LogP contribution is 2.16. The van der Waals surface area contributed by atoms with Crippen molar-refractivity contribution in [3.63, 3.8) is 0 Å². The van der Waals surface area contributed by atoms with Crippen LogP contribution in [-0.4, -0.2) is 50.1 Å². The summed E-state index contributed by atoms with van der Waals surface area (Å²) in [6.45, 7) is 5.06. The number of guanidine groups is 1. The molecule has 1 aromatic heterocycles. The Morgan fingerprint density at radius 3 is 2.52 bits per heavy atom. The number of benzene rings is 1. The lowest BCUT2D eigenvalue weighted by atomic mass is 10.3. The predicted octanol–water partition coefficient (Wildman–Crippen LogP) is 3.76. The number of hydrogen-bond donors (Lipinski definition) is 2. The largest absolute Gasteiger partial charge is 0.491 e. The van der Waals surface area contributed by atoms with E-state index in [-0.39, 0.29) is 36.0 Å². The number of anilines is 1. The summed E-state index contributed by atoms with van der Waals surface area (Å²) in [5.74, 6) is 2.40. The molecule has 0 aliphatic heterocycles. The highest BCUT2D eigenvalue weighted by Gasteiger charge is 2.06. The van der Waals surface area contributed by atoms with Crippen LogP contribution < -0.4 is 15.4 Å². The second-order valence-corrected chi connectivity index (χ2v) is 6.84. The number of furan rings is 1. The van der Waals surface area contributed by atoms with Crippen LogP contribution in [0.2, 0.25) is 0 Å². The van der Waals surface area contributed by atoms with Crippen LogP contribution >= 0.6 is 24.0 Å². The van der Waals surface area contributed by atoms with E-state index in [9.17, 15) is 4.79 Å². The van der Waals surface area contributed by atoms with Crippen LogP contribution in [0.5, 0.6) is 5.75 Å². The first-order valence-corrected chi connectivity index (χ1v) is 9.48. The number of nitrogens with one attached hydrogen (secondary N) is 2. The van der Waals surface area contributed by atoms with E-state index in [1.807, 2.05) is 50.2 Å². The average molecular weight is 514 g/mol. The molecule has 0 aliphatic carbocycles. The molecule has 0 fully saturated rings. The zero-order chi connectivity index (χ0) is 20.4. The normalized spacial score (nSPS) is 11.0. The Kier molecular flexibility index (Phi) is 11.2. The minimum atomic E-state index is 0. The fraction of sp³-hybridized carbons (Fsp3) is 0.429. The maximum absolute atomic E-state index is 11.8. The summed E-state index contributed by atoms with van der Waals surface area (Å²) in [5, 5.41) is 6.48. The van der Waals surface area contributed by atoms with Crippen LogP contribution in [0.1, 0.15) is 26.0 Å². The third-order valence-electron chi connectivity index (χ3n) is 3.83. The van der Waals surface area contributed by atoms with Gasteiger partial charge in [0.2, 0.25) is 5.91 Å². The molecule has 160 valence electrons. The molecule has 7 nitrogen and oxygen atoms in total. The molecule has 0 radical (unpaired) electrons. The van der Waals surface area contributed by atoms with Gasteiger partial charge in [-0.15, -0.1) is 24.0 Å². The molecule has 1 amide bonds. The molecule has 0 unspecified atom stereocenters. The molecule has 0 saturated carbocycles. The van der Waals surface area contributed by atoms with Crippen molar-refractivity contribution in [2.45, 2.75) is 32.8 Å². The second-order valence-electron chi connectivity index (χ2n) is 6.84. The van der Waals surface area contributed by atoms with Gasteiger partial charge in [0.15, 0.2) is 5.96 Å². The Balaban J connectivity index is 0.00000420. The summed E-state index contributed by atoms with van der Waals surface area (Å²) >= 11 is 0. The Morgan fingerprint density at radius 2 is 1.93 bits per heavy atom. The van der Waals surface area contributed by atoms with Crippen LogP contribution in [0.15, 0.2) is 52.1 Å². The van der Waals surface area contributed by atoms with Gasteiger partial charge in [0.05, 0.1) is 12.4 Å². The standard InChI is InChI=1S/C21H30N4O3.HI/c1-16(2)28-19-9-7-17(8-10-19)24-21(23-14-12-20(26)25(3)4)22-13-11-18-6-5-15-27-18;/h5-10,15-16H,11-14H2,1-4H3,(H2,22,23,24);1H. The van der Waals surface area contributed by atoms with Gasteiger partial charge in [0.1, 0.15) is 11.5 Å². The van der Waals surface area contributed by atoms with Crippen molar-refractivity contribution in [3.8, 4) is 5.75 Å². The zero-order valence-electron chi connectivity index (χ0n) is 17.5. The third kappa shape index (κ3) is 9.69. The molecular formula is C21H31IN4O3. The Labute approximate surface area is 189 Å². The molecule has 2 N–H and O–H groups in total. The summed E-state index contributed by atoms with van der Waals surface area (Å²) in [6, 6.07) is 11.5. The molecule has 1 aromatic carbocycles. The quantitative estimate of drug-likeness (QED) is 0.303. The molecule has 2 aromatic rings. The van der Waals surface area contributed by atoms with Gasteiger partial charge >= 0.3 is 0 Å². The van der Waals surface area contributed by atoms with E-state index in [4.69, 9.17) is 9.15 Å². The smallest absolute Gasteiger partial charge is 0.223 e. The summed E-state index contributed by atoms with van der Waals surface area (Å²) < 4.78 is 11.0. The predicted molar refractivity (Wildman–Crippen MR) is 127 cm³/mol. The molecule has 0 bridgehead atoms. The number of hydrogen-bond acceptors (Lipinski definition) is 4. The third-order valence-corrected chi connectivity index (χ3v) is 3.83. The number of ether oxygens (including phenoxy) is 1. The lowest BCUT2D eigenvalue weighted by Crippen LogP contribution is -2.34. The zero-order valence-corrected chi connectivity index (χ0v) is 19.8. The van der Waals surface area contributed by atoms with Gasteiger partial charge in [-0.05, 0) is 50.2 Å². The fourth-order valence-electron chi connectivity index (χ4n) is 2.41. The van der Waals surface area contributed by atoms with Gasteiger partial charge in [-0.25, -0.2) is 0 Å². The van der Waals surface area contributed by atoms with Gasteiger partial charge in [-0.2, -0.15) is 0 Å². The molecule has 0 atom stereocenters. The Hall–Kier alpha value is -2.23. The maximum atomic E-state index is 11.8. The lowest BCUT2D eigenvalue weighted by molar-refractivity contribution is -0.128. The Morgan fingerprint density at radius 1 is 1.21 bits per heavy atom. The van der Waals surface area contributed by atoms with Crippen molar-refractivity contribution in [2.75, 3.05) is 32.5 Å². The van der Waals surface area contributed by atoms with Crippen molar-refractivity contribution < 1.29 is 13.9 Å². The first-order valence-electron chi connectivity index (χ1n) is 9.48.